The summed E-state index contributed by atoms with van der Waals surface area (Å²) in [4.78, 5) is 29.2. The number of hydrogen-bond acceptors (Lipinski definition) is 5. The van der Waals surface area contributed by atoms with Crippen LogP contribution in [0.15, 0.2) is 48.5 Å². The van der Waals surface area contributed by atoms with Crippen molar-refractivity contribution in [3.05, 3.63) is 76.5 Å². The smallest absolute Gasteiger partial charge is 0.340 e. The van der Waals surface area contributed by atoms with Gasteiger partial charge in [-0.15, -0.1) is 0 Å². The highest BCUT2D eigenvalue weighted by Crippen LogP contribution is 2.24. The van der Waals surface area contributed by atoms with E-state index in [2.05, 4.69) is 4.98 Å². The highest BCUT2D eigenvalue weighted by atomic mass is 16.5. The number of benzene rings is 2. The number of para-hydroxylation sites is 1. The van der Waals surface area contributed by atoms with E-state index in [0.29, 0.717) is 16.8 Å². The second kappa shape index (κ2) is 7.35. The third kappa shape index (κ3) is 3.28. The Balaban J connectivity index is 1.97. The molecule has 0 unspecified atom stereocenters. The van der Waals surface area contributed by atoms with E-state index in [0.717, 1.165) is 22.0 Å². The van der Waals surface area contributed by atoms with Crippen LogP contribution in [0, 0.1) is 13.8 Å². The normalized spacial score (nSPS) is 10.6. The van der Waals surface area contributed by atoms with Gasteiger partial charge >= 0.3 is 11.9 Å². The van der Waals surface area contributed by atoms with Crippen LogP contribution in [0.5, 0.6) is 0 Å². The first-order valence-corrected chi connectivity index (χ1v) is 8.22. The van der Waals surface area contributed by atoms with Crippen LogP contribution in [0.1, 0.15) is 37.5 Å². The Labute approximate surface area is 151 Å². The number of hydrogen-bond donors (Lipinski definition) is 0. The molecule has 1 aromatic heterocycles. The van der Waals surface area contributed by atoms with Crippen molar-refractivity contribution in [2.24, 2.45) is 0 Å². The van der Waals surface area contributed by atoms with Crippen LogP contribution < -0.4 is 0 Å². The summed E-state index contributed by atoms with van der Waals surface area (Å²) >= 11 is 0. The molecule has 3 aromatic rings. The maximum atomic E-state index is 12.4. The zero-order valence-electron chi connectivity index (χ0n) is 14.9. The molecule has 5 nitrogen and oxygen atoms in total. The first-order valence-electron chi connectivity index (χ1n) is 8.22. The third-order valence-electron chi connectivity index (χ3n) is 4.32. The van der Waals surface area contributed by atoms with Gasteiger partial charge in [0.2, 0.25) is 0 Å². The van der Waals surface area contributed by atoms with Gasteiger partial charge in [0.1, 0.15) is 6.61 Å². The van der Waals surface area contributed by atoms with Gasteiger partial charge in [-0.1, -0.05) is 36.4 Å². The SMILES string of the molecule is COC(=O)c1c(COC(=O)c2ccccc2C)nc2ccccc2c1C. The molecular weight excluding hydrogens is 330 g/mol. The molecule has 0 fully saturated rings. The lowest BCUT2D eigenvalue weighted by molar-refractivity contribution is 0.0454. The third-order valence-corrected chi connectivity index (χ3v) is 4.32. The number of carbonyl (C=O) groups is 2. The minimum Gasteiger partial charge on any atom is -0.465 e. The Morgan fingerprint density at radius 2 is 1.65 bits per heavy atom. The summed E-state index contributed by atoms with van der Waals surface area (Å²) in [6.07, 6.45) is 0. The van der Waals surface area contributed by atoms with Gasteiger partial charge in [0, 0.05) is 5.39 Å². The number of ether oxygens (including phenoxy) is 2. The predicted octanol–water partition coefficient (Wildman–Crippen LogP) is 4.00. The molecule has 0 radical (unpaired) electrons. The van der Waals surface area contributed by atoms with Crippen molar-refractivity contribution in [3.8, 4) is 0 Å². The molecule has 3 rings (SSSR count). The number of aromatic nitrogens is 1. The van der Waals surface area contributed by atoms with Crippen molar-refractivity contribution in [3.63, 3.8) is 0 Å². The van der Waals surface area contributed by atoms with E-state index in [1.54, 1.807) is 12.1 Å². The van der Waals surface area contributed by atoms with Crippen LogP contribution in [0.2, 0.25) is 0 Å². The van der Waals surface area contributed by atoms with E-state index in [1.165, 1.54) is 7.11 Å². The van der Waals surface area contributed by atoms with Gasteiger partial charge in [0.15, 0.2) is 0 Å². The number of pyridine rings is 1. The Kier molecular flexibility index (Phi) is 4.98. The fourth-order valence-corrected chi connectivity index (χ4v) is 2.93. The van der Waals surface area contributed by atoms with Gasteiger partial charge in [-0.2, -0.15) is 0 Å². The number of methoxy groups -OCH3 is 1. The number of esters is 2. The molecule has 26 heavy (non-hydrogen) atoms. The number of rotatable bonds is 4. The van der Waals surface area contributed by atoms with Crippen molar-refractivity contribution in [1.29, 1.82) is 0 Å². The number of nitrogens with zero attached hydrogens (tertiary/aromatic N) is 1. The maximum Gasteiger partial charge on any atom is 0.340 e. The summed E-state index contributed by atoms with van der Waals surface area (Å²) in [5.41, 5.74) is 3.53. The van der Waals surface area contributed by atoms with Gasteiger partial charge in [-0.3, -0.25) is 0 Å². The van der Waals surface area contributed by atoms with Crippen molar-refractivity contribution in [1.82, 2.24) is 4.98 Å². The Morgan fingerprint density at radius 3 is 2.38 bits per heavy atom. The molecule has 0 N–H and O–H groups in total. The predicted molar refractivity (Wildman–Crippen MR) is 98.1 cm³/mol. The lowest BCUT2D eigenvalue weighted by Crippen LogP contribution is -2.14. The van der Waals surface area contributed by atoms with Crippen molar-refractivity contribution >= 4 is 22.8 Å². The fraction of sp³-hybridized carbons (Fsp3) is 0.190. The monoisotopic (exact) mass is 349 g/mol. The average molecular weight is 349 g/mol. The average Bonchev–Trinajstić information content (AvgIpc) is 2.66. The molecule has 0 amide bonds. The largest absolute Gasteiger partial charge is 0.465 e. The highest BCUT2D eigenvalue weighted by Gasteiger charge is 2.21. The first-order chi connectivity index (χ1) is 12.5. The quantitative estimate of drug-likeness (QED) is 0.666. The molecule has 1 heterocycles. The van der Waals surface area contributed by atoms with E-state index >= 15 is 0 Å². The second-order valence-corrected chi connectivity index (χ2v) is 5.96. The fourth-order valence-electron chi connectivity index (χ4n) is 2.93. The molecule has 0 aliphatic rings. The molecule has 0 saturated heterocycles. The van der Waals surface area contributed by atoms with E-state index < -0.39 is 11.9 Å². The highest BCUT2D eigenvalue weighted by molar-refractivity contribution is 5.98. The van der Waals surface area contributed by atoms with Gasteiger partial charge in [-0.25, -0.2) is 14.6 Å². The van der Waals surface area contributed by atoms with Crippen LogP contribution in [0.25, 0.3) is 10.9 Å². The van der Waals surface area contributed by atoms with Gasteiger partial charge < -0.3 is 9.47 Å². The van der Waals surface area contributed by atoms with E-state index in [9.17, 15) is 9.59 Å². The summed E-state index contributed by atoms with van der Waals surface area (Å²) in [7, 11) is 1.32. The second-order valence-electron chi connectivity index (χ2n) is 5.96. The molecular formula is C21H19NO4. The van der Waals surface area contributed by atoms with Crippen LogP contribution >= 0.6 is 0 Å². The van der Waals surface area contributed by atoms with Gasteiger partial charge in [0.25, 0.3) is 0 Å². The molecule has 0 aliphatic carbocycles. The van der Waals surface area contributed by atoms with Crippen LogP contribution in [-0.4, -0.2) is 24.0 Å². The Hall–Kier alpha value is -3.21. The molecule has 2 aromatic carbocycles. The molecule has 5 heteroatoms. The topological polar surface area (TPSA) is 65.5 Å². The summed E-state index contributed by atoms with van der Waals surface area (Å²) in [6.45, 7) is 3.57. The Bertz CT molecular complexity index is 994. The standard InChI is InChI=1S/C21H19NO4/c1-13-8-4-5-9-15(13)20(23)26-12-18-19(21(24)25-3)14(2)16-10-6-7-11-17(16)22-18/h4-11H,12H2,1-3H3. The molecule has 0 saturated carbocycles. The minimum absolute atomic E-state index is 0.108. The lowest BCUT2D eigenvalue weighted by atomic mass is 10.0. The minimum atomic E-state index is -0.498. The van der Waals surface area contributed by atoms with Gasteiger partial charge in [0.05, 0.1) is 29.4 Å². The van der Waals surface area contributed by atoms with E-state index in [-0.39, 0.29) is 6.61 Å². The molecule has 0 spiro atoms. The molecule has 0 aliphatic heterocycles. The van der Waals surface area contributed by atoms with Gasteiger partial charge in [-0.05, 0) is 37.1 Å². The summed E-state index contributed by atoms with van der Waals surface area (Å²) in [5.74, 6) is -0.950. The van der Waals surface area contributed by atoms with Crippen LogP contribution in [0.3, 0.4) is 0 Å². The number of carbonyl (C=O) groups excluding carboxylic acids is 2. The van der Waals surface area contributed by atoms with Crippen molar-refractivity contribution in [2.45, 2.75) is 20.5 Å². The van der Waals surface area contributed by atoms with Crippen LogP contribution in [0.4, 0.5) is 0 Å². The molecule has 0 bridgehead atoms. The lowest BCUT2D eigenvalue weighted by Gasteiger charge is -2.14. The van der Waals surface area contributed by atoms with Crippen molar-refractivity contribution < 1.29 is 19.1 Å². The van der Waals surface area contributed by atoms with Crippen LogP contribution in [-0.2, 0) is 16.1 Å². The van der Waals surface area contributed by atoms with Crippen molar-refractivity contribution in [2.75, 3.05) is 7.11 Å². The van der Waals surface area contributed by atoms with E-state index in [1.807, 2.05) is 50.2 Å². The molecule has 132 valence electrons. The summed E-state index contributed by atoms with van der Waals surface area (Å²) in [6, 6.07) is 14.7. The molecule has 0 atom stereocenters. The summed E-state index contributed by atoms with van der Waals surface area (Å²) < 4.78 is 10.3. The number of fused-ring (bicyclic) bond motifs is 1. The van der Waals surface area contributed by atoms with E-state index in [4.69, 9.17) is 9.47 Å². The zero-order chi connectivity index (χ0) is 18.7. The summed E-state index contributed by atoms with van der Waals surface area (Å²) in [5, 5.41) is 0.863. The number of aryl methyl sites for hydroxylation is 2. The zero-order valence-corrected chi connectivity index (χ0v) is 14.9. The first kappa shape index (κ1) is 17.6. The Morgan fingerprint density at radius 1 is 0.962 bits per heavy atom. The maximum absolute atomic E-state index is 12.4.